The molecule has 0 spiro atoms. The molecule has 1 fully saturated rings. The number of benzene rings is 1. The lowest BCUT2D eigenvalue weighted by Gasteiger charge is -2.32. The molecule has 0 saturated carbocycles. The molecule has 1 aromatic rings. The third kappa shape index (κ3) is 3.68. The van der Waals surface area contributed by atoms with E-state index in [0.29, 0.717) is 6.54 Å². The summed E-state index contributed by atoms with van der Waals surface area (Å²) < 4.78 is 37.4. The minimum absolute atomic E-state index is 0.0642. The second-order valence-corrected chi connectivity index (χ2v) is 7.42. The molecule has 1 atom stereocenters. The quantitative estimate of drug-likeness (QED) is 0.751. The fourth-order valence-corrected chi connectivity index (χ4v) is 4.62. The van der Waals surface area contributed by atoms with Gasteiger partial charge >= 0.3 is 5.97 Å². The first-order valence-electron chi connectivity index (χ1n) is 7.65. The molecule has 1 aliphatic heterocycles. The van der Waals surface area contributed by atoms with Crippen LogP contribution in [-0.4, -0.2) is 45.0 Å². The van der Waals surface area contributed by atoms with E-state index in [2.05, 4.69) is 0 Å². The van der Waals surface area contributed by atoms with Crippen LogP contribution in [0.3, 0.4) is 0 Å². The maximum absolute atomic E-state index is 13.0. The van der Waals surface area contributed by atoms with Gasteiger partial charge in [-0.25, -0.2) is 13.2 Å². The summed E-state index contributed by atoms with van der Waals surface area (Å²) in [6.07, 6.45) is 2.59. The molecular weight excluding hydrogens is 332 g/mol. The van der Waals surface area contributed by atoms with Gasteiger partial charge in [-0.3, -0.25) is 0 Å². The lowest BCUT2D eigenvalue weighted by molar-refractivity contribution is 0.0554. The maximum atomic E-state index is 13.0. The van der Waals surface area contributed by atoms with E-state index >= 15 is 0 Å². The summed E-state index contributed by atoms with van der Waals surface area (Å²) >= 11 is 0. The van der Waals surface area contributed by atoms with Crippen molar-refractivity contribution in [2.24, 2.45) is 0 Å². The number of sulfonamides is 1. The monoisotopic (exact) mass is 352 g/mol. The van der Waals surface area contributed by atoms with Gasteiger partial charge in [0.2, 0.25) is 10.0 Å². The molecule has 0 bridgehead atoms. The van der Waals surface area contributed by atoms with Crippen molar-refractivity contribution in [3.8, 4) is 11.8 Å². The number of nitriles is 1. The average Bonchev–Trinajstić information content (AvgIpc) is 2.59. The third-order valence-electron chi connectivity index (χ3n) is 4.00. The van der Waals surface area contributed by atoms with Crippen molar-refractivity contribution >= 4 is 16.0 Å². The number of ether oxygens (including phenoxy) is 2. The predicted molar refractivity (Wildman–Crippen MR) is 86.1 cm³/mol. The van der Waals surface area contributed by atoms with E-state index < -0.39 is 22.6 Å². The molecule has 1 saturated heterocycles. The van der Waals surface area contributed by atoms with Gasteiger partial charge in [-0.15, -0.1) is 0 Å². The van der Waals surface area contributed by atoms with E-state index in [1.54, 1.807) is 6.07 Å². The first kappa shape index (κ1) is 18.2. The minimum Gasteiger partial charge on any atom is -0.495 e. The van der Waals surface area contributed by atoms with Gasteiger partial charge in [-0.2, -0.15) is 9.57 Å². The van der Waals surface area contributed by atoms with Crippen LogP contribution in [0.25, 0.3) is 0 Å². The highest BCUT2D eigenvalue weighted by atomic mass is 32.2. The number of rotatable bonds is 5. The standard InChI is InChI=1S/C16H20N2O5S/c1-12-5-3-4-9-18(12)24(20,21)15-11-13(6-7-14(15)22-2)16(19)23-10-8-17/h6-7,11-12H,3-5,9-10H2,1-2H3/t12-/m0/s1. The van der Waals surface area contributed by atoms with Crippen molar-refractivity contribution < 1.29 is 22.7 Å². The lowest BCUT2D eigenvalue weighted by atomic mass is 10.1. The van der Waals surface area contributed by atoms with Crippen molar-refractivity contribution in [1.29, 1.82) is 5.26 Å². The Morgan fingerprint density at radius 1 is 1.42 bits per heavy atom. The number of esters is 1. The smallest absolute Gasteiger partial charge is 0.339 e. The zero-order valence-electron chi connectivity index (χ0n) is 13.7. The van der Waals surface area contributed by atoms with Crippen molar-refractivity contribution in [2.45, 2.75) is 37.1 Å². The highest BCUT2D eigenvalue weighted by Crippen LogP contribution is 2.31. The summed E-state index contributed by atoms with van der Waals surface area (Å²) in [6.45, 7) is 1.92. The molecule has 0 N–H and O–H groups in total. The van der Waals surface area contributed by atoms with Crippen molar-refractivity contribution in [3.63, 3.8) is 0 Å². The number of hydrogen-bond donors (Lipinski definition) is 0. The normalized spacial score (nSPS) is 18.6. The second-order valence-electron chi connectivity index (χ2n) is 5.56. The molecule has 0 aliphatic carbocycles. The van der Waals surface area contributed by atoms with Gasteiger partial charge in [-0.05, 0) is 38.0 Å². The summed E-state index contributed by atoms with van der Waals surface area (Å²) in [6, 6.07) is 5.67. The predicted octanol–water partition coefficient (Wildman–Crippen LogP) is 1.94. The summed E-state index contributed by atoms with van der Waals surface area (Å²) in [5.74, 6) is -0.577. The van der Waals surface area contributed by atoms with Crippen LogP contribution < -0.4 is 4.74 Å². The molecule has 8 heteroatoms. The van der Waals surface area contributed by atoms with E-state index in [1.807, 2.05) is 6.92 Å². The highest BCUT2D eigenvalue weighted by Gasteiger charge is 2.33. The molecule has 1 aromatic carbocycles. The Kier molecular flexibility index (Phi) is 5.80. The van der Waals surface area contributed by atoms with Crippen LogP contribution in [0.2, 0.25) is 0 Å². The van der Waals surface area contributed by atoms with Crippen LogP contribution in [-0.2, 0) is 14.8 Å². The number of methoxy groups -OCH3 is 1. The second kappa shape index (κ2) is 7.64. The van der Waals surface area contributed by atoms with Crippen molar-refractivity contribution in [2.75, 3.05) is 20.3 Å². The maximum Gasteiger partial charge on any atom is 0.339 e. The Balaban J connectivity index is 2.43. The molecule has 1 aliphatic rings. The average molecular weight is 352 g/mol. The number of carbonyl (C=O) groups excluding carboxylic acids is 1. The minimum atomic E-state index is -3.79. The van der Waals surface area contributed by atoms with Gasteiger partial charge in [0, 0.05) is 12.6 Å². The van der Waals surface area contributed by atoms with Gasteiger partial charge in [-0.1, -0.05) is 6.42 Å². The molecule has 0 radical (unpaired) electrons. The van der Waals surface area contributed by atoms with E-state index in [9.17, 15) is 13.2 Å². The van der Waals surface area contributed by atoms with Gasteiger partial charge in [0.15, 0.2) is 6.61 Å². The van der Waals surface area contributed by atoms with Crippen molar-refractivity contribution in [3.05, 3.63) is 23.8 Å². The van der Waals surface area contributed by atoms with Gasteiger partial charge < -0.3 is 9.47 Å². The van der Waals surface area contributed by atoms with E-state index in [-0.39, 0.29) is 22.3 Å². The SMILES string of the molecule is COc1ccc(C(=O)OCC#N)cc1S(=O)(=O)N1CCCC[C@@H]1C. The number of hydrogen-bond acceptors (Lipinski definition) is 6. The molecule has 0 aromatic heterocycles. The van der Waals surface area contributed by atoms with E-state index in [1.165, 1.54) is 29.6 Å². The first-order valence-corrected chi connectivity index (χ1v) is 9.09. The number of carbonyl (C=O) groups is 1. The molecule has 0 amide bonds. The molecule has 0 unspecified atom stereocenters. The fourth-order valence-electron chi connectivity index (χ4n) is 2.74. The largest absolute Gasteiger partial charge is 0.495 e. The molecule has 24 heavy (non-hydrogen) atoms. The molecular formula is C16H20N2O5S. The Labute approximate surface area is 141 Å². The summed E-state index contributed by atoms with van der Waals surface area (Å²) in [4.78, 5) is 11.8. The van der Waals surface area contributed by atoms with Gasteiger partial charge in [0.1, 0.15) is 16.7 Å². The first-order chi connectivity index (χ1) is 11.4. The zero-order chi connectivity index (χ0) is 17.7. The summed E-state index contributed by atoms with van der Waals surface area (Å²) in [5.41, 5.74) is 0.0642. The fraction of sp³-hybridized carbons (Fsp3) is 0.500. The van der Waals surface area contributed by atoms with Crippen LogP contribution >= 0.6 is 0 Å². The molecule has 7 nitrogen and oxygen atoms in total. The summed E-state index contributed by atoms with van der Waals surface area (Å²) in [7, 11) is -2.42. The molecule has 2 rings (SSSR count). The van der Waals surface area contributed by atoms with Gasteiger partial charge in [0.05, 0.1) is 12.7 Å². The van der Waals surface area contributed by atoms with E-state index in [4.69, 9.17) is 14.7 Å². The molecule has 130 valence electrons. The van der Waals surface area contributed by atoms with Gasteiger partial charge in [0.25, 0.3) is 0 Å². The Hall–Kier alpha value is -2.11. The Bertz CT molecular complexity index is 754. The van der Waals surface area contributed by atoms with E-state index in [0.717, 1.165) is 19.3 Å². The third-order valence-corrected chi connectivity index (χ3v) is 6.03. The topological polar surface area (TPSA) is 96.7 Å². The Morgan fingerprint density at radius 2 is 2.17 bits per heavy atom. The summed E-state index contributed by atoms with van der Waals surface area (Å²) in [5, 5.41) is 8.48. The molecule has 1 heterocycles. The number of piperidine rings is 1. The highest BCUT2D eigenvalue weighted by molar-refractivity contribution is 7.89. The van der Waals surface area contributed by atoms with Crippen LogP contribution in [0, 0.1) is 11.3 Å². The van der Waals surface area contributed by atoms with Crippen LogP contribution in [0.5, 0.6) is 5.75 Å². The van der Waals surface area contributed by atoms with Crippen LogP contribution in [0.4, 0.5) is 0 Å². The number of nitrogens with zero attached hydrogens (tertiary/aromatic N) is 2. The lowest BCUT2D eigenvalue weighted by Crippen LogP contribution is -2.42. The van der Waals surface area contributed by atoms with Crippen molar-refractivity contribution in [1.82, 2.24) is 4.31 Å². The zero-order valence-corrected chi connectivity index (χ0v) is 14.5. The Morgan fingerprint density at radius 3 is 2.79 bits per heavy atom. The van der Waals surface area contributed by atoms with Crippen LogP contribution in [0.15, 0.2) is 23.1 Å². The van der Waals surface area contributed by atoms with Crippen LogP contribution in [0.1, 0.15) is 36.5 Å².